The van der Waals surface area contributed by atoms with E-state index in [1.54, 1.807) is 0 Å². The van der Waals surface area contributed by atoms with Gasteiger partial charge in [0.15, 0.2) is 8.32 Å². The first-order valence-electron chi connectivity index (χ1n) is 19.1. The van der Waals surface area contributed by atoms with Gasteiger partial charge < -0.3 is 28.1 Å². The molecule has 0 aliphatic rings. The van der Waals surface area contributed by atoms with E-state index in [1.165, 1.54) is 0 Å². The lowest BCUT2D eigenvalue weighted by molar-refractivity contribution is -0.204. The largest absolute Gasteiger partial charge is 0.414 e. The zero-order chi connectivity index (χ0) is 38.1. The van der Waals surface area contributed by atoms with Crippen LogP contribution in [-0.4, -0.2) is 45.9 Å². The van der Waals surface area contributed by atoms with Crippen LogP contribution < -0.4 is 0 Å². The van der Waals surface area contributed by atoms with Gasteiger partial charge in [-0.3, -0.25) is 0 Å². The van der Waals surface area contributed by atoms with Crippen molar-refractivity contribution in [3.8, 4) is 0 Å². The molecule has 0 heterocycles. The van der Waals surface area contributed by atoms with Crippen LogP contribution in [0, 0.1) is 0 Å². The normalized spacial score (nSPS) is 14.3. The molecular formula is C47H58O6Si. The smallest absolute Gasteiger partial charge is 0.192 e. The Morgan fingerprint density at radius 1 is 0.407 bits per heavy atom. The van der Waals surface area contributed by atoms with Crippen LogP contribution in [0.5, 0.6) is 0 Å². The van der Waals surface area contributed by atoms with Crippen LogP contribution in [0.25, 0.3) is 0 Å². The fourth-order valence-corrected chi connectivity index (χ4v) is 6.78. The third kappa shape index (κ3) is 13.4. The lowest BCUT2D eigenvalue weighted by atomic mass is 10.0. The van der Waals surface area contributed by atoms with Crippen LogP contribution in [-0.2, 0) is 61.1 Å². The Bertz CT molecular complexity index is 1720. The summed E-state index contributed by atoms with van der Waals surface area (Å²) >= 11 is 0. The van der Waals surface area contributed by atoms with Crippen molar-refractivity contribution in [2.24, 2.45) is 0 Å². The maximum absolute atomic E-state index is 7.03. The van der Waals surface area contributed by atoms with Crippen LogP contribution in [0.4, 0.5) is 0 Å². The number of hydrogen-bond acceptors (Lipinski definition) is 6. The van der Waals surface area contributed by atoms with Gasteiger partial charge in [-0.15, -0.1) is 0 Å². The van der Waals surface area contributed by atoms with Crippen molar-refractivity contribution in [1.82, 2.24) is 0 Å². The molecule has 0 saturated carbocycles. The Morgan fingerprint density at radius 3 is 1.04 bits per heavy atom. The van der Waals surface area contributed by atoms with Crippen molar-refractivity contribution < 1.29 is 28.1 Å². The SMILES string of the molecule is CC(C)(C)[Si](C)(C)OC[C@H](OCc1ccccc1)[C@@H](OCc1ccccc1)[C@@H](OCc1ccccc1)[C@@H](COCc1ccccc1)OCc1ccccc1. The van der Waals surface area contributed by atoms with Gasteiger partial charge >= 0.3 is 0 Å². The summed E-state index contributed by atoms with van der Waals surface area (Å²) in [7, 11) is -2.19. The Morgan fingerprint density at radius 2 is 0.704 bits per heavy atom. The summed E-state index contributed by atoms with van der Waals surface area (Å²) in [5, 5.41) is 0.00713. The minimum atomic E-state index is -2.19. The first-order chi connectivity index (χ1) is 26.2. The Kier molecular flexibility index (Phi) is 16.2. The summed E-state index contributed by atoms with van der Waals surface area (Å²) in [6.07, 6.45) is -2.21. The lowest BCUT2D eigenvalue weighted by Crippen LogP contribution is -2.53. The summed E-state index contributed by atoms with van der Waals surface area (Å²) in [4.78, 5) is 0. The molecule has 0 spiro atoms. The summed E-state index contributed by atoms with van der Waals surface area (Å²) in [6, 6.07) is 51.1. The molecule has 5 rings (SSSR count). The molecule has 0 saturated heterocycles. The van der Waals surface area contributed by atoms with Gasteiger partial charge in [0.05, 0.1) is 46.2 Å². The molecule has 0 amide bonds. The second kappa shape index (κ2) is 21.2. The van der Waals surface area contributed by atoms with Gasteiger partial charge in [-0.2, -0.15) is 0 Å². The van der Waals surface area contributed by atoms with E-state index in [-0.39, 0.29) is 11.6 Å². The van der Waals surface area contributed by atoms with Gasteiger partial charge in [0.25, 0.3) is 0 Å². The topological polar surface area (TPSA) is 55.4 Å². The Balaban J connectivity index is 1.54. The molecule has 0 aliphatic carbocycles. The quantitative estimate of drug-likeness (QED) is 0.0658. The van der Waals surface area contributed by atoms with E-state index in [0.29, 0.717) is 39.6 Å². The maximum atomic E-state index is 7.03. The molecule has 5 aromatic carbocycles. The molecule has 54 heavy (non-hydrogen) atoms. The number of rotatable bonds is 22. The lowest BCUT2D eigenvalue weighted by Gasteiger charge is -2.41. The number of ether oxygens (including phenoxy) is 5. The van der Waals surface area contributed by atoms with Crippen molar-refractivity contribution in [1.29, 1.82) is 0 Å². The number of hydrogen-bond donors (Lipinski definition) is 0. The highest BCUT2D eigenvalue weighted by Crippen LogP contribution is 2.37. The second-order valence-electron chi connectivity index (χ2n) is 15.3. The van der Waals surface area contributed by atoms with Gasteiger partial charge in [-0.05, 0) is 45.9 Å². The highest BCUT2D eigenvalue weighted by Gasteiger charge is 2.42. The molecule has 0 aliphatic heterocycles. The van der Waals surface area contributed by atoms with Gasteiger partial charge in [0.1, 0.15) is 24.4 Å². The molecule has 7 heteroatoms. The van der Waals surface area contributed by atoms with Gasteiger partial charge in [-0.1, -0.05) is 172 Å². The van der Waals surface area contributed by atoms with Gasteiger partial charge in [-0.25, -0.2) is 0 Å². The van der Waals surface area contributed by atoms with E-state index in [2.05, 4.69) is 94.5 Å². The standard InChI is InChI=1S/C47H58O6Si/c1-47(2,3)54(4,5)53-37-44(50-33-40-25-15-8-16-26-40)46(52-35-42-29-19-10-20-30-42)45(51-34-41-27-17-9-18-28-41)43(49-32-39-23-13-7-14-24-39)36-48-31-38-21-11-6-12-22-38/h6-30,43-46H,31-37H2,1-5H3/t43-,44+,45+,46-/m1/s1. The summed E-state index contributed by atoms with van der Waals surface area (Å²) in [6.45, 7) is 13.9. The third-order valence-corrected chi connectivity index (χ3v) is 14.6. The summed E-state index contributed by atoms with van der Waals surface area (Å²) < 4.78 is 41.2. The van der Waals surface area contributed by atoms with Crippen LogP contribution in [0.2, 0.25) is 18.1 Å². The third-order valence-electron chi connectivity index (χ3n) is 10.0. The van der Waals surface area contributed by atoms with Crippen molar-refractivity contribution in [3.63, 3.8) is 0 Å². The molecular weight excluding hydrogens is 689 g/mol. The van der Waals surface area contributed by atoms with Crippen LogP contribution in [0.15, 0.2) is 152 Å². The van der Waals surface area contributed by atoms with Gasteiger partial charge in [0.2, 0.25) is 0 Å². The zero-order valence-electron chi connectivity index (χ0n) is 32.6. The molecule has 0 aromatic heterocycles. The molecule has 0 fully saturated rings. The monoisotopic (exact) mass is 746 g/mol. The van der Waals surface area contributed by atoms with Crippen LogP contribution in [0.3, 0.4) is 0 Å². The molecule has 0 radical (unpaired) electrons. The molecule has 6 nitrogen and oxygen atoms in total. The first-order valence-corrected chi connectivity index (χ1v) is 22.0. The predicted molar refractivity (Wildman–Crippen MR) is 219 cm³/mol. The minimum absolute atomic E-state index is 0.00713. The molecule has 286 valence electrons. The number of benzene rings is 5. The predicted octanol–water partition coefficient (Wildman–Crippen LogP) is 10.6. The molecule has 4 atom stereocenters. The zero-order valence-corrected chi connectivity index (χ0v) is 33.6. The second-order valence-corrected chi connectivity index (χ2v) is 20.1. The molecule has 0 bridgehead atoms. The highest BCUT2D eigenvalue weighted by molar-refractivity contribution is 6.74. The highest BCUT2D eigenvalue weighted by atomic mass is 28.4. The van der Waals surface area contributed by atoms with Gasteiger partial charge in [0, 0.05) is 0 Å². The summed E-state index contributed by atoms with van der Waals surface area (Å²) in [5.74, 6) is 0. The fraction of sp³-hybridized carbons (Fsp3) is 0.362. The van der Waals surface area contributed by atoms with E-state index in [0.717, 1.165) is 27.8 Å². The van der Waals surface area contributed by atoms with Crippen molar-refractivity contribution in [3.05, 3.63) is 179 Å². The Hall–Kier alpha value is -3.92. The van der Waals surface area contributed by atoms with Crippen molar-refractivity contribution >= 4 is 8.32 Å². The fourth-order valence-electron chi connectivity index (χ4n) is 5.77. The van der Waals surface area contributed by atoms with E-state index < -0.39 is 32.7 Å². The van der Waals surface area contributed by atoms with Crippen molar-refractivity contribution in [2.45, 2.75) is 96.4 Å². The average Bonchev–Trinajstić information content (AvgIpc) is 3.19. The van der Waals surface area contributed by atoms with Crippen LogP contribution in [0.1, 0.15) is 48.6 Å². The van der Waals surface area contributed by atoms with E-state index in [4.69, 9.17) is 28.1 Å². The molecule has 0 unspecified atom stereocenters. The molecule has 5 aromatic rings. The molecule has 0 N–H and O–H groups in total. The average molecular weight is 747 g/mol. The van der Waals surface area contributed by atoms with Crippen LogP contribution >= 0.6 is 0 Å². The first kappa shape index (κ1) is 41.2. The minimum Gasteiger partial charge on any atom is -0.414 e. The van der Waals surface area contributed by atoms with Crippen molar-refractivity contribution in [2.75, 3.05) is 13.2 Å². The Labute approximate surface area is 324 Å². The maximum Gasteiger partial charge on any atom is 0.192 e. The van der Waals surface area contributed by atoms with E-state index >= 15 is 0 Å². The summed E-state index contributed by atoms with van der Waals surface area (Å²) in [5.41, 5.74) is 5.33. The van der Waals surface area contributed by atoms with E-state index in [1.807, 2.05) is 91.0 Å². The van der Waals surface area contributed by atoms with E-state index in [9.17, 15) is 0 Å².